The highest BCUT2D eigenvalue weighted by Crippen LogP contribution is 2.25. The first-order valence-corrected chi connectivity index (χ1v) is 7.32. The van der Waals surface area contributed by atoms with E-state index in [9.17, 15) is 4.79 Å². The minimum Gasteiger partial charge on any atom is -0.297 e. The van der Waals surface area contributed by atoms with E-state index in [4.69, 9.17) is 11.6 Å². The molecule has 1 heterocycles. The summed E-state index contributed by atoms with van der Waals surface area (Å²) in [6, 6.07) is 5.90. The smallest absolute Gasteiger partial charge is 0.156 e. The van der Waals surface area contributed by atoms with Crippen LogP contribution in [0.3, 0.4) is 0 Å². The lowest BCUT2D eigenvalue weighted by molar-refractivity contribution is -0.128. The number of benzene rings is 1. The molecule has 1 aromatic carbocycles. The third-order valence-electron chi connectivity index (χ3n) is 4.14. The molecule has 0 saturated carbocycles. The molecule has 0 aromatic heterocycles. The number of hydrogen-bond acceptors (Lipinski definition) is 2. The zero-order valence-corrected chi connectivity index (χ0v) is 12.8. The molecule has 104 valence electrons. The predicted octanol–water partition coefficient (Wildman–Crippen LogP) is 3.63. The number of carbonyl (C=O) groups excluding carboxylic acids is 1. The largest absolute Gasteiger partial charge is 0.297 e. The molecule has 1 fully saturated rings. The van der Waals surface area contributed by atoms with Gasteiger partial charge in [0.15, 0.2) is 5.78 Å². The van der Waals surface area contributed by atoms with Crippen molar-refractivity contribution in [2.45, 2.75) is 45.6 Å². The van der Waals surface area contributed by atoms with Crippen LogP contribution in [0.1, 0.15) is 37.8 Å². The van der Waals surface area contributed by atoms with E-state index in [1.807, 2.05) is 39.0 Å². The van der Waals surface area contributed by atoms with Gasteiger partial charge in [0.25, 0.3) is 0 Å². The van der Waals surface area contributed by atoms with Crippen LogP contribution in [0, 0.1) is 6.92 Å². The number of hydrogen-bond donors (Lipinski definition) is 0. The molecular weight excluding hydrogens is 258 g/mol. The van der Waals surface area contributed by atoms with Gasteiger partial charge in [-0.05, 0) is 63.9 Å². The van der Waals surface area contributed by atoms with Crippen molar-refractivity contribution in [2.75, 3.05) is 13.1 Å². The third kappa shape index (κ3) is 3.18. The van der Waals surface area contributed by atoms with Crippen LogP contribution in [-0.2, 0) is 11.2 Å². The van der Waals surface area contributed by atoms with Crippen molar-refractivity contribution >= 4 is 17.4 Å². The summed E-state index contributed by atoms with van der Waals surface area (Å²) >= 11 is 6.22. The van der Waals surface area contributed by atoms with E-state index in [-0.39, 0.29) is 11.3 Å². The van der Waals surface area contributed by atoms with Crippen molar-refractivity contribution in [3.8, 4) is 0 Å². The molecule has 0 amide bonds. The number of rotatable bonds is 4. The van der Waals surface area contributed by atoms with Crippen LogP contribution in [0.2, 0.25) is 5.02 Å². The van der Waals surface area contributed by atoms with Gasteiger partial charge in [0.2, 0.25) is 0 Å². The van der Waals surface area contributed by atoms with Crippen molar-refractivity contribution in [3.63, 3.8) is 0 Å². The van der Waals surface area contributed by atoms with Crippen molar-refractivity contribution in [3.05, 3.63) is 34.3 Å². The first-order valence-electron chi connectivity index (χ1n) is 6.94. The molecule has 2 rings (SSSR count). The van der Waals surface area contributed by atoms with Gasteiger partial charge in [-0.25, -0.2) is 0 Å². The summed E-state index contributed by atoms with van der Waals surface area (Å²) in [4.78, 5) is 14.8. The van der Waals surface area contributed by atoms with E-state index in [0.717, 1.165) is 24.2 Å². The number of halogens is 1. The van der Waals surface area contributed by atoms with E-state index >= 15 is 0 Å². The monoisotopic (exact) mass is 279 g/mol. The van der Waals surface area contributed by atoms with Gasteiger partial charge in [-0.1, -0.05) is 23.7 Å². The minimum atomic E-state index is -0.384. The second-order valence-electron chi connectivity index (χ2n) is 5.95. The van der Waals surface area contributed by atoms with Crippen molar-refractivity contribution in [2.24, 2.45) is 0 Å². The number of carbonyl (C=O) groups is 1. The van der Waals surface area contributed by atoms with Crippen LogP contribution in [0.5, 0.6) is 0 Å². The minimum absolute atomic E-state index is 0.250. The van der Waals surface area contributed by atoms with Crippen LogP contribution in [0.25, 0.3) is 0 Å². The Morgan fingerprint density at radius 2 is 1.95 bits per heavy atom. The molecule has 1 saturated heterocycles. The second kappa shape index (κ2) is 5.64. The Kier molecular flexibility index (Phi) is 4.32. The van der Waals surface area contributed by atoms with Crippen LogP contribution in [0.15, 0.2) is 18.2 Å². The van der Waals surface area contributed by atoms with Gasteiger partial charge in [-0.2, -0.15) is 0 Å². The van der Waals surface area contributed by atoms with Gasteiger partial charge in [0, 0.05) is 11.4 Å². The van der Waals surface area contributed by atoms with Crippen LogP contribution < -0.4 is 0 Å². The Morgan fingerprint density at radius 1 is 1.32 bits per heavy atom. The lowest BCUT2D eigenvalue weighted by Crippen LogP contribution is -2.49. The van der Waals surface area contributed by atoms with Crippen molar-refractivity contribution in [1.29, 1.82) is 0 Å². The van der Waals surface area contributed by atoms with Gasteiger partial charge < -0.3 is 0 Å². The Balaban J connectivity index is 2.11. The molecule has 0 aliphatic carbocycles. The standard InChI is InChI=1S/C16H22ClNO/c1-12-6-7-13(14(17)10-12)11-15(19)16(2,3)18-8-4-5-9-18/h6-7,10H,4-5,8-9,11H2,1-3H3. The summed E-state index contributed by atoms with van der Waals surface area (Å²) in [5, 5.41) is 0.700. The molecule has 3 heteroatoms. The topological polar surface area (TPSA) is 20.3 Å². The number of Topliss-reactive ketones (excluding diaryl/α,β-unsaturated/α-hetero) is 1. The Hall–Kier alpha value is -0.860. The van der Waals surface area contributed by atoms with Crippen LogP contribution in [0.4, 0.5) is 0 Å². The first-order chi connectivity index (χ1) is 8.91. The average molecular weight is 280 g/mol. The zero-order chi connectivity index (χ0) is 14.0. The molecule has 0 unspecified atom stereocenters. The van der Waals surface area contributed by atoms with E-state index in [0.29, 0.717) is 11.4 Å². The average Bonchev–Trinajstić information content (AvgIpc) is 2.86. The van der Waals surface area contributed by atoms with E-state index in [1.165, 1.54) is 12.8 Å². The van der Waals surface area contributed by atoms with Gasteiger partial charge in [-0.3, -0.25) is 9.69 Å². The predicted molar refractivity (Wildman–Crippen MR) is 79.8 cm³/mol. The molecule has 0 N–H and O–H groups in total. The lowest BCUT2D eigenvalue weighted by atomic mass is 9.92. The van der Waals surface area contributed by atoms with Crippen molar-refractivity contribution in [1.82, 2.24) is 4.90 Å². The summed E-state index contributed by atoms with van der Waals surface area (Å²) < 4.78 is 0. The highest BCUT2D eigenvalue weighted by molar-refractivity contribution is 6.31. The second-order valence-corrected chi connectivity index (χ2v) is 6.36. The van der Waals surface area contributed by atoms with Gasteiger partial charge in [0.1, 0.15) is 0 Å². The first kappa shape index (κ1) is 14.5. The van der Waals surface area contributed by atoms with E-state index in [2.05, 4.69) is 4.90 Å². The SMILES string of the molecule is Cc1ccc(CC(=O)C(C)(C)N2CCCC2)c(Cl)c1. The third-order valence-corrected chi connectivity index (χ3v) is 4.49. The van der Waals surface area contributed by atoms with Crippen LogP contribution >= 0.6 is 11.6 Å². The molecule has 0 bridgehead atoms. The highest BCUT2D eigenvalue weighted by atomic mass is 35.5. The fourth-order valence-corrected chi connectivity index (χ4v) is 2.94. The summed E-state index contributed by atoms with van der Waals surface area (Å²) in [6.45, 7) is 8.12. The fourth-order valence-electron chi connectivity index (χ4n) is 2.64. The molecule has 0 atom stereocenters. The molecule has 19 heavy (non-hydrogen) atoms. The molecule has 0 radical (unpaired) electrons. The number of aryl methyl sites for hydroxylation is 1. The molecule has 0 spiro atoms. The van der Waals surface area contributed by atoms with E-state index in [1.54, 1.807) is 0 Å². The molecule has 1 aliphatic heterocycles. The zero-order valence-electron chi connectivity index (χ0n) is 12.0. The number of likely N-dealkylation sites (tertiary alicyclic amines) is 1. The summed E-state index contributed by atoms with van der Waals surface area (Å²) in [7, 11) is 0. The quantitative estimate of drug-likeness (QED) is 0.839. The maximum Gasteiger partial charge on any atom is 0.156 e. The summed E-state index contributed by atoms with van der Waals surface area (Å²) in [5.41, 5.74) is 1.68. The number of nitrogens with zero attached hydrogens (tertiary/aromatic N) is 1. The number of ketones is 1. The Morgan fingerprint density at radius 3 is 2.53 bits per heavy atom. The Bertz CT molecular complexity index is 476. The summed E-state index contributed by atoms with van der Waals surface area (Å²) in [6.07, 6.45) is 2.81. The molecule has 1 aliphatic rings. The maximum absolute atomic E-state index is 12.6. The molecule has 2 nitrogen and oxygen atoms in total. The van der Waals surface area contributed by atoms with E-state index < -0.39 is 0 Å². The highest BCUT2D eigenvalue weighted by Gasteiger charge is 2.35. The van der Waals surface area contributed by atoms with Gasteiger partial charge in [-0.15, -0.1) is 0 Å². The van der Waals surface area contributed by atoms with Crippen molar-refractivity contribution < 1.29 is 4.79 Å². The van der Waals surface area contributed by atoms with Gasteiger partial charge in [0.05, 0.1) is 5.54 Å². The summed E-state index contributed by atoms with van der Waals surface area (Å²) in [5.74, 6) is 0.250. The Labute approximate surface area is 120 Å². The maximum atomic E-state index is 12.6. The van der Waals surface area contributed by atoms with Gasteiger partial charge >= 0.3 is 0 Å². The normalized spacial score (nSPS) is 16.8. The fraction of sp³-hybridized carbons (Fsp3) is 0.562. The van der Waals surface area contributed by atoms with Crippen LogP contribution in [-0.4, -0.2) is 29.3 Å². The molecular formula is C16H22ClNO. The lowest BCUT2D eigenvalue weighted by Gasteiger charge is -2.34. The molecule has 1 aromatic rings.